The van der Waals surface area contributed by atoms with E-state index in [1.54, 1.807) is 19.2 Å². The molecule has 0 aliphatic heterocycles. The Bertz CT molecular complexity index is 908. The predicted molar refractivity (Wildman–Crippen MR) is 110 cm³/mol. The predicted octanol–water partition coefficient (Wildman–Crippen LogP) is 4.69. The smallest absolute Gasteiger partial charge is 0.251 e. The Morgan fingerprint density at radius 2 is 1.86 bits per heavy atom. The van der Waals surface area contributed by atoms with Crippen LogP contribution in [0.25, 0.3) is 11.5 Å². The molecule has 0 saturated heterocycles. The molecule has 0 atom stereocenters. The first-order chi connectivity index (χ1) is 13.6. The molecule has 3 aromatic rings. The zero-order valence-corrected chi connectivity index (χ0v) is 17.0. The van der Waals surface area contributed by atoms with Crippen LogP contribution in [-0.4, -0.2) is 24.4 Å². The van der Waals surface area contributed by atoms with Crippen molar-refractivity contribution < 1.29 is 13.5 Å². The van der Waals surface area contributed by atoms with Crippen molar-refractivity contribution in [1.82, 2.24) is 10.2 Å². The van der Waals surface area contributed by atoms with Crippen molar-refractivity contribution in [3.8, 4) is 17.2 Å². The Morgan fingerprint density at radius 3 is 2.43 bits per heavy atom. The number of nitrogens with zero attached hydrogens (tertiary/aromatic N) is 2. The number of benzene rings is 2. The summed E-state index contributed by atoms with van der Waals surface area (Å²) < 4.78 is 24.3. The van der Waals surface area contributed by atoms with Gasteiger partial charge in [-0.05, 0) is 35.7 Å². The third-order valence-corrected chi connectivity index (χ3v) is 4.20. The third-order valence-electron chi connectivity index (χ3n) is 4.20. The van der Waals surface area contributed by atoms with Crippen molar-refractivity contribution in [2.75, 3.05) is 25.2 Å². The van der Waals surface area contributed by atoms with E-state index in [1.165, 1.54) is 12.1 Å². The van der Waals surface area contributed by atoms with Gasteiger partial charge in [-0.2, -0.15) is 0 Å². The molecule has 7 heteroatoms. The molecule has 0 radical (unpaired) electrons. The SMILES string of the molecule is CC.CCc1cc(-c2nnc(Cc3ccc(F)cc3)o2)c(OC)c(N)c1NC. The van der Waals surface area contributed by atoms with Crippen LogP contribution in [0, 0.1) is 5.82 Å². The summed E-state index contributed by atoms with van der Waals surface area (Å²) in [6.07, 6.45) is 1.20. The molecule has 0 amide bonds. The van der Waals surface area contributed by atoms with Gasteiger partial charge in [-0.1, -0.05) is 32.9 Å². The summed E-state index contributed by atoms with van der Waals surface area (Å²) in [6.45, 7) is 6.04. The van der Waals surface area contributed by atoms with Crippen LogP contribution in [0.3, 0.4) is 0 Å². The second kappa shape index (κ2) is 9.73. The highest BCUT2D eigenvalue weighted by atomic mass is 19.1. The average molecular weight is 386 g/mol. The Hall–Kier alpha value is -3.09. The topological polar surface area (TPSA) is 86.2 Å². The lowest BCUT2D eigenvalue weighted by Gasteiger charge is -2.16. The zero-order chi connectivity index (χ0) is 20.7. The van der Waals surface area contributed by atoms with Crippen molar-refractivity contribution in [3.63, 3.8) is 0 Å². The number of aromatic nitrogens is 2. The standard InChI is InChI=1S/C19H21FN4O2.C2H6/c1-4-12-10-14(18(25-3)16(21)17(12)22-2)19-24-23-15(26-19)9-11-5-7-13(20)8-6-11;1-2/h5-8,10,22H,4,9,21H2,1-3H3;1-2H3. The Balaban J connectivity index is 0.00000136. The van der Waals surface area contributed by atoms with E-state index in [9.17, 15) is 4.39 Å². The van der Waals surface area contributed by atoms with E-state index in [0.717, 1.165) is 23.2 Å². The Morgan fingerprint density at radius 1 is 1.18 bits per heavy atom. The van der Waals surface area contributed by atoms with E-state index in [-0.39, 0.29) is 5.82 Å². The molecule has 150 valence electrons. The van der Waals surface area contributed by atoms with Crippen LogP contribution in [0.15, 0.2) is 34.7 Å². The van der Waals surface area contributed by atoms with Gasteiger partial charge in [0.1, 0.15) is 5.82 Å². The summed E-state index contributed by atoms with van der Waals surface area (Å²) in [6, 6.07) is 8.13. The number of hydrogen-bond donors (Lipinski definition) is 2. The molecule has 2 aromatic carbocycles. The van der Waals surface area contributed by atoms with Gasteiger partial charge < -0.3 is 20.2 Å². The van der Waals surface area contributed by atoms with E-state index in [0.29, 0.717) is 35.2 Å². The van der Waals surface area contributed by atoms with Crippen molar-refractivity contribution in [2.45, 2.75) is 33.6 Å². The minimum atomic E-state index is -0.281. The van der Waals surface area contributed by atoms with Gasteiger partial charge in [0.25, 0.3) is 5.89 Å². The maximum atomic E-state index is 13.0. The first-order valence-corrected chi connectivity index (χ1v) is 9.31. The highest BCUT2D eigenvalue weighted by molar-refractivity contribution is 5.85. The van der Waals surface area contributed by atoms with Crippen LogP contribution in [0.5, 0.6) is 5.75 Å². The van der Waals surface area contributed by atoms with E-state index in [4.69, 9.17) is 14.9 Å². The summed E-state index contributed by atoms with van der Waals surface area (Å²) in [5.41, 5.74) is 10.1. The zero-order valence-electron chi connectivity index (χ0n) is 17.0. The Kier molecular flexibility index (Phi) is 7.37. The molecule has 0 spiro atoms. The van der Waals surface area contributed by atoms with Crippen molar-refractivity contribution in [3.05, 3.63) is 53.2 Å². The minimum Gasteiger partial charge on any atom is -0.494 e. The van der Waals surface area contributed by atoms with Crippen molar-refractivity contribution in [1.29, 1.82) is 0 Å². The van der Waals surface area contributed by atoms with E-state index in [2.05, 4.69) is 15.5 Å². The average Bonchev–Trinajstić information content (AvgIpc) is 3.18. The summed E-state index contributed by atoms with van der Waals surface area (Å²) in [7, 11) is 3.37. The van der Waals surface area contributed by atoms with Gasteiger partial charge in [-0.15, -0.1) is 10.2 Å². The van der Waals surface area contributed by atoms with E-state index >= 15 is 0 Å². The third kappa shape index (κ3) is 4.42. The van der Waals surface area contributed by atoms with Crippen LogP contribution >= 0.6 is 0 Å². The first kappa shape index (κ1) is 21.2. The summed E-state index contributed by atoms with van der Waals surface area (Å²) in [5.74, 6) is 0.978. The molecule has 1 aromatic heterocycles. The number of ether oxygens (including phenoxy) is 1. The number of rotatable bonds is 6. The number of methoxy groups -OCH3 is 1. The molecule has 3 rings (SSSR count). The molecule has 3 N–H and O–H groups in total. The number of nitrogen functional groups attached to an aromatic ring is 1. The lowest BCUT2D eigenvalue weighted by atomic mass is 10.0. The second-order valence-electron chi connectivity index (χ2n) is 5.81. The monoisotopic (exact) mass is 386 g/mol. The van der Waals surface area contributed by atoms with E-state index < -0.39 is 0 Å². The molecular formula is C21H27FN4O2. The van der Waals surface area contributed by atoms with E-state index in [1.807, 2.05) is 33.9 Å². The number of hydrogen-bond acceptors (Lipinski definition) is 6. The lowest BCUT2D eigenvalue weighted by Crippen LogP contribution is -2.04. The van der Waals surface area contributed by atoms with Gasteiger partial charge in [0.15, 0.2) is 5.75 Å². The van der Waals surface area contributed by atoms with Crippen LogP contribution in [0.1, 0.15) is 37.8 Å². The van der Waals surface area contributed by atoms with Gasteiger partial charge in [0.2, 0.25) is 5.89 Å². The van der Waals surface area contributed by atoms with Gasteiger partial charge in [0.05, 0.1) is 30.5 Å². The number of nitrogens with two attached hydrogens (primary N) is 1. The Labute approximate surface area is 164 Å². The number of nitrogens with one attached hydrogen (secondary N) is 1. The normalized spacial score (nSPS) is 10.2. The number of aryl methyl sites for hydroxylation is 1. The molecule has 0 saturated carbocycles. The quantitative estimate of drug-likeness (QED) is 0.598. The first-order valence-electron chi connectivity index (χ1n) is 9.31. The van der Waals surface area contributed by atoms with Crippen molar-refractivity contribution in [2.24, 2.45) is 0 Å². The second-order valence-corrected chi connectivity index (χ2v) is 5.81. The number of halogens is 1. The fraction of sp³-hybridized carbons (Fsp3) is 0.333. The summed E-state index contributed by atoms with van der Waals surface area (Å²) in [4.78, 5) is 0. The van der Waals surface area contributed by atoms with Crippen LogP contribution in [0.4, 0.5) is 15.8 Å². The number of anilines is 2. The molecule has 0 bridgehead atoms. The molecule has 0 aliphatic carbocycles. The highest BCUT2D eigenvalue weighted by Crippen LogP contribution is 2.41. The molecule has 6 nitrogen and oxygen atoms in total. The lowest BCUT2D eigenvalue weighted by molar-refractivity contribution is 0.416. The van der Waals surface area contributed by atoms with Gasteiger partial charge >= 0.3 is 0 Å². The maximum Gasteiger partial charge on any atom is 0.251 e. The fourth-order valence-electron chi connectivity index (χ4n) is 2.91. The van der Waals surface area contributed by atoms with Crippen LogP contribution in [0.2, 0.25) is 0 Å². The van der Waals surface area contributed by atoms with Crippen molar-refractivity contribution >= 4 is 11.4 Å². The maximum absolute atomic E-state index is 13.0. The highest BCUT2D eigenvalue weighted by Gasteiger charge is 2.20. The van der Waals surface area contributed by atoms with Gasteiger partial charge in [-0.25, -0.2) is 4.39 Å². The van der Waals surface area contributed by atoms with Crippen LogP contribution in [-0.2, 0) is 12.8 Å². The molecular weight excluding hydrogens is 359 g/mol. The minimum absolute atomic E-state index is 0.281. The van der Waals surface area contributed by atoms with Gasteiger partial charge in [0, 0.05) is 7.05 Å². The summed E-state index contributed by atoms with van der Waals surface area (Å²) in [5, 5.41) is 11.3. The molecule has 0 unspecified atom stereocenters. The molecule has 28 heavy (non-hydrogen) atoms. The van der Waals surface area contributed by atoms with Crippen LogP contribution < -0.4 is 15.8 Å². The largest absolute Gasteiger partial charge is 0.494 e. The summed E-state index contributed by atoms with van der Waals surface area (Å²) >= 11 is 0. The van der Waals surface area contributed by atoms with Gasteiger partial charge in [-0.3, -0.25) is 0 Å². The molecule has 1 heterocycles. The fourth-order valence-corrected chi connectivity index (χ4v) is 2.91. The molecule has 0 fully saturated rings. The molecule has 0 aliphatic rings.